The number of rotatable bonds is 6. The fraction of sp³-hybridized carbons (Fsp3) is 0.304. The molecular formula is C23H25N5O2S. The summed E-state index contributed by atoms with van der Waals surface area (Å²) in [6.45, 7) is 4.97. The molecule has 1 N–H and O–H groups in total. The second-order valence-electron chi connectivity index (χ2n) is 7.40. The summed E-state index contributed by atoms with van der Waals surface area (Å²) in [7, 11) is 0. The number of aryl methyl sites for hydroxylation is 1. The first-order valence-corrected chi connectivity index (χ1v) is 11.3. The van der Waals surface area contributed by atoms with E-state index in [1.165, 1.54) is 17.0 Å². The Bertz CT molecular complexity index is 1040. The highest BCUT2D eigenvalue weighted by Gasteiger charge is 2.22. The predicted octanol–water partition coefficient (Wildman–Crippen LogP) is 3.71. The fourth-order valence-corrected chi connectivity index (χ4v) is 4.40. The smallest absolute Gasteiger partial charge is 0.286 e. The van der Waals surface area contributed by atoms with Crippen LogP contribution in [-0.2, 0) is 6.42 Å². The maximum absolute atomic E-state index is 13.0. The van der Waals surface area contributed by atoms with Crippen molar-refractivity contribution in [2.45, 2.75) is 19.8 Å². The number of carbonyl (C=O) groups excluding carboxylic acids is 2. The van der Waals surface area contributed by atoms with Crippen LogP contribution in [0.2, 0.25) is 0 Å². The molecule has 31 heavy (non-hydrogen) atoms. The molecule has 1 saturated heterocycles. The molecule has 0 radical (unpaired) electrons. The number of piperazine rings is 1. The van der Waals surface area contributed by atoms with Gasteiger partial charge in [-0.15, -0.1) is 10.2 Å². The van der Waals surface area contributed by atoms with Gasteiger partial charge in [-0.2, -0.15) is 0 Å². The molecule has 4 rings (SSSR count). The molecule has 0 spiro atoms. The average Bonchev–Trinajstić information content (AvgIpc) is 3.29. The summed E-state index contributed by atoms with van der Waals surface area (Å²) in [5.41, 5.74) is 2.32. The van der Waals surface area contributed by atoms with Gasteiger partial charge in [0.2, 0.25) is 5.01 Å². The van der Waals surface area contributed by atoms with Gasteiger partial charge < -0.3 is 15.1 Å². The SMILES string of the molecule is CCCc1nnc(C(=O)Nc2cccc(C(=O)N3CCN(c4ccccc4)CC3)c2)s1. The number of anilines is 2. The minimum absolute atomic E-state index is 0.0232. The normalized spacial score (nSPS) is 13.8. The van der Waals surface area contributed by atoms with Gasteiger partial charge in [0.15, 0.2) is 0 Å². The van der Waals surface area contributed by atoms with Crippen molar-refractivity contribution in [2.24, 2.45) is 0 Å². The first-order valence-electron chi connectivity index (χ1n) is 10.5. The number of carbonyl (C=O) groups is 2. The van der Waals surface area contributed by atoms with E-state index in [1.807, 2.05) is 23.1 Å². The van der Waals surface area contributed by atoms with Crippen LogP contribution in [0, 0.1) is 0 Å². The van der Waals surface area contributed by atoms with E-state index in [1.54, 1.807) is 24.3 Å². The van der Waals surface area contributed by atoms with Crippen molar-refractivity contribution in [3.8, 4) is 0 Å². The van der Waals surface area contributed by atoms with Crippen LogP contribution < -0.4 is 10.2 Å². The number of para-hydroxylation sites is 1. The molecule has 0 bridgehead atoms. The lowest BCUT2D eigenvalue weighted by Gasteiger charge is -2.36. The lowest BCUT2D eigenvalue weighted by molar-refractivity contribution is 0.0746. The van der Waals surface area contributed by atoms with Crippen LogP contribution in [0.25, 0.3) is 0 Å². The van der Waals surface area contributed by atoms with Gasteiger partial charge in [-0.3, -0.25) is 9.59 Å². The van der Waals surface area contributed by atoms with Crippen molar-refractivity contribution in [1.29, 1.82) is 0 Å². The Morgan fingerprint density at radius 1 is 1.00 bits per heavy atom. The van der Waals surface area contributed by atoms with Crippen LogP contribution in [0.4, 0.5) is 11.4 Å². The standard InChI is InChI=1S/C23H25N5O2S/c1-2-7-20-25-26-22(31-20)21(29)24-18-9-6-8-17(16-18)23(30)28-14-12-27(13-15-28)19-10-4-3-5-11-19/h3-6,8-11,16H,2,7,12-15H2,1H3,(H,24,29). The molecule has 0 aliphatic carbocycles. The first kappa shape index (κ1) is 21.0. The lowest BCUT2D eigenvalue weighted by atomic mass is 10.1. The van der Waals surface area contributed by atoms with Crippen molar-refractivity contribution in [3.05, 3.63) is 70.2 Å². The van der Waals surface area contributed by atoms with Gasteiger partial charge in [-0.1, -0.05) is 42.5 Å². The maximum Gasteiger partial charge on any atom is 0.286 e. The second kappa shape index (κ2) is 9.70. The van der Waals surface area contributed by atoms with E-state index in [2.05, 4.69) is 39.5 Å². The number of nitrogens with zero attached hydrogens (tertiary/aromatic N) is 4. The molecule has 8 heteroatoms. The van der Waals surface area contributed by atoms with Crippen LogP contribution in [0.5, 0.6) is 0 Å². The summed E-state index contributed by atoms with van der Waals surface area (Å²) in [6, 6.07) is 17.3. The van der Waals surface area contributed by atoms with Crippen LogP contribution in [0.15, 0.2) is 54.6 Å². The fourth-order valence-electron chi connectivity index (χ4n) is 3.56. The Labute approximate surface area is 185 Å². The third-order valence-electron chi connectivity index (χ3n) is 5.18. The highest BCUT2D eigenvalue weighted by atomic mass is 32.1. The van der Waals surface area contributed by atoms with Crippen molar-refractivity contribution in [2.75, 3.05) is 36.4 Å². The molecule has 7 nitrogen and oxygen atoms in total. The molecule has 160 valence electrons. The Kier molecular flexibility index (Phi) is 6.57. The van der Waals surface area contributed by atoms with Crippen molar-refractivity contribution >= 4 is 34.5 Å². The zero-order valence-corrected chi connectivity index (χ0v) is 18.3. The van der Waals surface area contributed by atoms with Gasteiger partial charge in [-0.25, -0.2) is 0 Å². The van der Waals surface area contributed by atoms with E-state index in [-0.39, 0.29) is 11.8 Å². The molecular weight excluding hydrogens is 410 g/mol. The summed E-state index contributed by atoms with van der Waals surface area (Å²) < 4.78 is 0. The van der Waals surface area contributed by atoms with Gasteiger partial charge in [-0.05, 0) is 36.8 Å². The largest absolute Gasteiger partial charge is 0.368 e. The number of amides is 2. The van der Waals surface area contributed by atoms with Gasteiger partial charge >= 0.3 is 0 Å². The molecule has 0 saturated carbocycles. The predicted molar refractivity (Wildman–Crippen MR) is 123 cm³/mol. The van der Waals surface area contributed by atoms with E-state index in [9.17, 15) is 9.59 Å². The molecule has 1 aliphatic rings. The summed E-state index contributed by atoms with van der Waals surface area (Å²) in [4.78, 5) is 29.6. The quantitative estimate of drug-likeness (QED) is 0.639. The van der Waals surface area contributed by atoms with Crippen LogP contribution in [0.1, 0.15) is 38.5 Å². The monoisotopic (exact) mass is 435 g/mol. The molecule has 1 aliphatic heterocycles. The molecule has 0 atom stereocenters. The Hall–Kier alpha value is -3.26. The average molecular weight is 436 g/mol. The Balaban J connectivity index is 1.37. The summed E-state index contributed by atoms with van der Waals surface area (Å²) in [5.74, 6) is -0.328. The minimum atomic E-state index is -0.305. The summed E-state index contributed by atoms with van der Waals surface area (Å²) in [6.07, 6.45) is 1.77. The van der Waals surface area contributed by atoms with Crippen molar-refractivity contribution in [1.82, 2.24) is 15.1 Å². The zero-order valence-electron chi connectivity index (χ0n) is 17.5. The molecule has 0 unspecified atom stereocenters. The van der Waals surface area contributed by atoms with Gasteiger partial charge in [0.25, 0.3) is 11.8 Å². The van der Waals surface area contributed by atoms with E-state index < -0.39 is 0 Å². The van der Waals surface area contributed by atoms with E-state index in [0.29, 0.717) is 29.3 Å². The van der Waals surface area contributed by atoms with Crippen LogP contribution in [-0.4, -0.2) is 53.1 Å². The van der Waals surface area contributed by atoms with Gasteiger partial charge in [0.05, 0.1) is 0 Å². The first-order chi connectivity index (χ1) is 15.1. The number of hydrogen-bond acceptors (Lipinski definition) is 6. The third kappa shape index (κ3) is 5.08. The van der Waals surface area contributed by atoms with Crippen molar-refractivity contribution < 1.29 is 9.59 Å². The molecule has 1 aromatic heterocycles. The van der Waals surface area contributed by atoms with E-state index in [0.717, 1.165) is 30.9 Å². The number of aromatic nitrogens is 2. The zero-order chi connectivity index (χ0) is 21.6. The van der Waals surface area contributed by atoms with Crippen molar-refractivity contribution in [3.63, 3.8) is 0 Å². The van der Waals surface area contributed by atoms with E-state index in [4.69, 9.17) is 0 Å². The summed E-state index contributed by atoms with van der Waals surface area (Å²) >= 11 is 1.30. The topological polar surface area (TPSA) is 78.4 Å². The second-order valence-corrected chi connectivity index (χ2v) is 8.46. The molecule has 2 heterocycles. The highest BCUT2D eigenvalue weighted by molar-refractivity contribution is 7.13. The Morgan fingerprint density at radius 3 is 2.52 bits per heavy atom. The number of nitrogens with one attached hydrogen (secondary N) is 1. The third-order valence-corrected chi connectivity index (χ3v) is 6.16. The molecule has 2 amide bonds. The lowest BCUT2D eigenvalue weighted by Crippen LogP contribution is -2.48. The minimum Gasteiger partial charge on any atom is -0.368 e. The molecule has 3 aromatic rings. The van der Waals surface area contributed by atoms with Gasteiger partial charge in [0.1, 0.15) is 5.01 Å². The molecule has 1 fully saturated rings. The number of hydrogen-bond donors (Lipinski definition) is 1. The van der Waals surface area contributed by atoms with Gasteiger partial charge in [0, 0.05) is 49.5 Å². The highest BCUT2D eigenvalue weighted by Crippen LogP contribution is 2.19. The van der Waals surface area contributed by atoms with Crippen LogP contribution in [0.3, 0.4) is 0 Å². The summed E-state index contributed by atoms with van der Waals surface area (Å²) in [5, 5.41) is 12.0. The Morgan fingerprint density at radius 2 is 1.77 bits per heavy atom. The van der Waals surface area contributed by atoms with E-state index >= 15 is 0 Å². The maximum atomic E-state index is 13.0. The molecule has 2 aromatic carbocycles. The number of benzene rings is 2. The van der Waals surface area contributed by atoms with Crippen LogP contribution >= 0.6 is 11.3 Å².